The van der Waals surface area contributed by atoms with E-state index in [1.54, 1.807) is 6.07 Å². The Morgan fingerprint density at radius 1 is 0.840 bits per heavy atom. The van der Waals surface area contributed by atoms with Gasteiger partial charge in [-0.05, 0) is 30.2 Å². The number of piperazine rings is 1. The predicted molar refractivity (Wildman–Crippen MR) is 108 cm³/mol. The number of nitrogens with zero attached hydrogens (tertiary/aromatic N) is 2. The summed E-state index contributed by atoms with van der Waals surface area (Å²) in [6.07, 6.45) is 1.05. The SMILES string of the molecule is Cl.Cl.Fc1ccccc1CN1CCN(CCc2ccc(Cl)cc2)CC1. The van der Waals surface area contributed by atoms with Crippen LogP contribution in [0.4, 0.5) is 4.39 Å². The van der Waals surface area contributed by atoms with Gasteiger partial charge in [-0.15, -0.1) is 24.8 Å². The Bertz CT molecular complexity index is 629. The summed E-state index contributed by atoms with van der Waals surface area (Å²) in [7, 11) is 0. The van der Waals surface area contributed by atoms with Crippen molar-refractivity contribution in [3.05, 3.63) is 70.5 Å². The van der Waals surface area contributed by atoms with Gasteiger partial charge in [0.1, 0.15) is 5.82 Å². The minimum absolute atomic E-state index is 0. The zero-order chi connectivity index (χ0) is 16.1. The molecule has 0 saturated carbocycles. The summed E-state index contributed by atoms with van der Waals surface area (Å²) in [5.41, 5.74) is 2.12. The molecule has 0 radical (unpaired) electrons. The van der Waals surface area contributed by atoms with Gasteiger partial charge in [-0.25, -0.2) is 4.39 Å². The van der Waals surface area contributed by atoms with Gasteiger partial charge in [0.2, 0.25) is 0 Å². The van der Waals surface area contributed by atoms with Gasteiger partial charge < -0.3 is 4.90 Å². The molecule has 1 heterocycles. The fourth-order valence-electron chi connectivity index (χ4n) is 2.98. The number of halogens is 4. The molecule has 1 aliphatic rings. The van der Waals surface area contributed by atoms with E-state index in [1.165, 1.54) is 11.6 Å². The molecule has 25 heavy (non-hydrogen) atoms. The molecular formula is C19H24Cl3FN2. The van der Waals surface area contributed by atoms with E-state index in [4.69, 9.17) is 11.6 Å². The molecule has 0 bridgehead atoms. The first-order chi connectivity index (χ1) is 11.2. The lowest BCUT2D eigenvalue weighted by Crippen LogP contribution is -2.46. The standard InChI is InChI=1S/C19H22ClFN2.2ClH/c20-18-7-5-16(6-8-18)9-10-22-11-13-23(14-12-22)15-17-3-1-2-4-19(17)21;;/h1-8H,9-15H2;2*1H. The maximum absolute atomic E-state index is 13.7. The van der Waals surface area contributed by atoms with Crippen molar-refractivity contribution in [3.8, 4) is 0 Å². The van der Waals surface area contributed by atoms with Crippen LogP contribution in [0.1, 0.15) is 11.1 Å². The molecule has 2 aromatic carbocycles. The van der Waals surface area contributed by atoms with Crippen molar-refractivity contribution in [3.63, 3.8) is 0 Å². The Balaban J connectivity index is 0.00000156. The van der Waals surface area contributed by atoms with Gasteiger partial charge >= 0.3 is 0 Å². The van der Waals surface area contributed by atoms with Crippen LogP contribution in [0, 0.1) is 5.82 Å². The molecule has 0 unspecified atom stereocenters. The van der Waals surface area contributed by atoms with E-state index in [-0.39, 0.29) is 30.6 Å². The largest absolute Gasteiger partial charge is 0.300 e. The molecule has 1 aliphatic heterocycles. The lowest BCUT2D eigenvalue weighted by atomic mass is 10.1. The van der Waals surface area contributed by atoms with Crippen molar-refractivity contribution in [2.24, 2.45) is 0 Å². The molecule has 2 aromatic rings. The maximum atomic E-state index is 13.7. The highest BCUT2D eigenvalue weighted by Gasteiger charge is 2.17. The average Bonchev–Trinajstić information content (AvgIpc) is 2.58. The minimum atomic E-state index is -0.0994. The molecule has 0 N–H and O–H groups in total. The number of hydrogen-bond donors (Lipinski definition) is 0. The van der Waals surface area contributed by atoms with Gasteiger partial charge in [-0.3, -0.25) is 4.90 Å². The van der Waals surface area contributed by atoms with E-state index in [0.29, 0.717) is 6.54 Å². The zero-order valence-corrected chi connectivity index (χ0v) is 16.4. The van der Waals surface area contributed by atoms with Crippen LogP contribution in [0.25, 0.3) is 0 Å². The second-order valence-electron chi connectivity index (χ2n) is 6.09. The summed E-state index contributed by atoms with van der Waals surface area (Å²) in [6, 6.07) is 15.1. The van der Waals surface area contributed by atoms with Crippen LogP contribution in [0.3, 0.4) is 0 Å². The normalized spacial score (nSPS) is 15.3. The van der Waals surface area contributed by atoms with E-state index in [2.05, 4.69) is 21.9 Å². The summed E-state index contributed by atoms with van der Waals surface area (Å²) < 4.78 is 13.7. The zero-order valence-electron chi connectivity index (χ0n) is 14.0. The molecule has 0 aliphatic carbocycles. The highest BCUT2D eigenvalue weighted by molar-refractivity contribution is 6.30. The molecule has 1 fully saturated rings. The molecule has 6 heteroatoms. The molecule has 0 amide bonds. The van der Waals surface area contributed by atoms with Crippen molar-refractivity contribution in [2.75, 3.05) is 32.7 Å². The highest BCUT2D eigenvalue weighted by Crippen LogP contribution is 2.13. The summed E-state index contributed by atoms with van der Waals surface area (Å²) in [4.78, 5) is 4.81. The quantitative estimate of drug-likeness (QED) is 0.712. The van der Waals surface area contributed by atoms with Gasteiger partial charge in [0.05, 0.1) is 0 Å². The van der Waals surface area contributed by atoms with Crippen LogP contribution in [0.2, 0.25) is 5.02 Å². The lowest BCUT2D eigenvalue weighted by Gasteiger charge is -2.34. The third kappa shape index (κ3) is 6.76. The summed E-state index contributed by atoms with van der Waals surface area (Å²) in [5, 5.41) is 0.788. The van der Waals surface area contributed by atoms with E-state index >= 15 is 0 Å². The third-order valence-electron chi connectivity index (χ3n) is 4.45. The van der Waals surface area contributed by atoms with Gasteiger partial charge in [0.15, 0.2) is 0 Å². The Kier molecular flexibility index (Phi) is 9.77. The van der Waals surface area contributed by atoms with E-state index in [9.17, 15) is 4.39 Å². The molecule has 0 aromatic heterocycles. The highest BCUT2D eigenvalue weighted by atomic mass is 35.5. The molecule has 2 nitrogen and oxygen atoms in total. The van der Waals surface area contributed by atoms with Crippen LogP contribution in [-0.2, 0) is 13.0 Å². The molecule has 3 rings (SSSR count). The molecular weight excluding hydrogens is 382 g/mol. The minimum Gasteiger partial charge on any atom is -0.300 e. The number of benzene rings is 2. The number of hydrogen-bond acceptors (Lipinski definition) is 2. The Morgan fingerprint density at radius 3 is 2.08 bits per heavy atom. The van der Waals surface area contributed by atoms with Crippen molar-refractivity contribution in [1.82, 2.24) is 9.80 Å². The molecule has 0 spiro atoms. The molecule has 1 saturated heterocycles. The van der Waals surface area contributed by atoms with Crippen molar-refractivity contribution >= 4 is 36.4 Å². The second-order valence-corrected chi connectivity index (χ2v) is 6.52. The summed E-state index contributed by atoms with van der Waals surface area (Å²) >= 11 is 5.91. The van der Waals surface area contributed by atoms with Gasteiger partial charge in [0, 0.05) is 49.9 Å². The fourth-order valence-corrected chi connectivity index (χ4v) is 3.10. The van der Waals surface area contributed by atoms with Gasteiger partial charge in [-0.1, -0.05) is 41.9 Å². The maximum Gasteiger partial charge on any atom is 0.127 e. The van der Waals surface area contributed by atoms with E-state index in [0.717, 1.165) is 49.7 Å². The van der Waals surface area contributed by atoms with Crippen LogP contribution in [-0.4, -0.2) is 42.5 Å². The van der Waals surface area contributed by atoms with E-state index < -0.39 is 0 Å². The van der Waals surface area contributed by atoms with Crippen LogP contribution in [0.5, 0.6) is 0 Å². The third-order valence-corrected chi connectivity index (χ3v) is 4.70. The van der Waals surface area contributed by atoms with Gasteiger partial charge in [0.25, 0.3) is 0 Å². The Hall–Kier alpha value is -0.840. The van der Waals surface area contributed by atoms with Crippen molar-refractivity contribution < 1.29 is 4.39 Å². The average molecular weight is 406 g/mol. The predicted octanol–water partition coefficient (Wildman–Crippen LogP) is 4.68. The monoisotopic (exact) mass is 404 g/mol. The number of rotatable bonds is 5. The van der Waals surface area contributed by atoms with Crippen molar-refractivity contribution in [2.45, 2.75) is 13.0 Å². The van der Waals surface area contributed by atoms with Crippen LogP contribution in [0.15, 0.2) is 48.5 Å². The van der Waals surface area contributed by atoms with Crippen LogP contribution < -0.4 is 0 Å². The van der Waals surface area contributed by atoms with Gasteiger partial charge in [-0.2, -0.15) is 0 Å². The fraction of sp³-hybridized carbons (Fsp3) is 0.368. The lowest BCUT2D eigenvalue weighted by molar-refractivity contribution is 0.127. The summed E-state index contributed by atoms with van der Waals surface area (Å²) in [6.45, 7) is 5.85. The molecule has 0 atom stereocenters. The molecule has 138 valence electrons. The first kappa shape index (κ1) is 22.2. The van der Waals surface area contributed by atoms with Crippen LogP contribution >= 0.6 is 36.4 Å². The second kappa shape index (κ2) is 11.0. The van der Waals surface area contributed by atoms with Crippen molar-refractivity contribution in [1.29, 1.82) is 0 Å². The topological polar surface area (TPSA) is 6.48 Å². The first-order valence-corrected chi connectivity index (χ1v) is 8.51. The summed E-state index contributed by atoms with van der Waals surface area (Å²) in [5.74, 6) is -0.0994. The smallest absolute Gasteiger partial charge is 0.127 e. The Labute approximate surface area is 166 Å². The first-order valence-electron chi connectivity index (χ1n) is 8.13. The van der Waals surface area contributed by atoms with E-state index in [1.807, 2.05) is 24.3 Å². The Morgan fingerprint density at radius 2 is 1.44 bits per heavy atom.